The third-order valence-corrected chi connectivity index (χ3v) is 11.1. The van der Waals surface area contributed by atoms with Crippen LogP contribution in [0.1, 0.15) is 52.0 Å². The lowest BCUT2D eigenvalue weighted by atomic mass is 9.82. The van der Waals surface area contributed by atoms with Gasteiger partial charge in [-0.2, -0.15) is 0 Å². The van der Waals surface area contributed by atoms with E-state index in [1.807, 2.05) is 18.2 Å². The van der Waals surface area contributed by atoms with Crippen molar-refractivity contribution in [3.8, 4) is 11.1 Å². The molecule has 3 atom stereocenters. The number of hydrogen-bond acceptors (Lipinski definition) is 2. The molecule has 3 aliphatic rings. The lowest BCUT2D eigenvalue weighted by molar-refractivity contribution is 0.584. The van der Waals surface area contributed by atoms with Gasteiger partial charge in [-0.15, -0.1) is 0 Å². The SMILES string of the molecule is [2H]c1c([2H])c2oc3cc(C4CC5C=CC4C5)cc(N(c4ccccc4)c4ccc5c(c4)C(C)(C)c4ccccc4-5)c3c2c2ccccc12. The van der Waals surface area contributed by atoms with E-state index in [1.165, 1.54) is 34.2 Å². The lowest BCUT2D eigenvalue weighted by Gasteiger charge is -2.30. The van der Waals surface area contributed by atoms with Crippen molar-refractivity contribution in [2.45, 2.75) is 38.0 Å². The van der Waals surface area contributed by atoms with Gasteiger partial charge in [-0.3, -0.25) is 0 Å². The number of allylic oxidation sites excluding steroid dienone is 2. The maximum Gasteiger partial charge on any atom is 0.137 e. The Morgan fingerprint density at radius 1 is 0.696 bits per heavy atom. The van der Waals surface area contributed by atoms with Gasteiger partial charge in [-0.1, -0.05) is 105 Å². The second kappa shape index (κ2) is 9.47. The second-order valence-corrected chi connectivity index (χ2v) is 14.0. The maximum atomic E-state index is 9.08. The van der Waals surface area contributed by atoms with Gasteiger partial charge in [-0.05, 0) is 112 Å². The Labute approximate surface area is 272 Å². The van der Waals surface area contributed by atoms with E-state index in [1.54, 1.807) is 0 Å². The first kappa shape index (κ1) is 24.2. The van der Waals surface area contributed by atoms with Gasteiger partial charge < -0.3 is 9.32 Å². The summed E-state index contributed by atoms with van der Waals surface area (Å²) in [5.74, 6) is 1.58. The number of benzene rings is 6. The van der Waals surface area contributed by atoms with E-state index in [9.17, 15) is 0 Å². The molecule has 1 saturated carbocycles. The molecule has 0 aliphatic heterocycles. The van der Waals surface area contributed by atoms with Crippen LogP contribution in [0.3, 0.4) is 0 Å². The van der Waals surface area contributed by atoms with Crippen molar-refractivity contribution in [2.24, 2.45) is 11.8 Å². The molecule has 1 fully saturated rings. The van der Waals surface area contributed by atoms with Crippen molar-refractivity contribution in [1.29, 1.82) is 0 Å². The monoisotopic (exact) mass is 595 g/mol. The van der Waals surface area contributed by atoms with Crippen LogP contribution in [-0.2, 0) is 5.41 Å². The fourth-order valence-electron chi connectivity index (χ4n) is 8.90. The first-order chi connectivity index (χ1) is 23.4. The molecule has 2 bridgehead atoms. The minimum absolute atomic E-state index is 0.138. The molecule has 6 aromatic carbocycles. The lowest BCUT2D eigenvalue weighted by Crippen LogP contribution is -2.17. The van der Waals surface area contributed by atoms with Crippen LogP contribution in [-0.4, -0.2) is 0 Å². The molecule has 0 radical (unpaired) electrons. The Morgan fingerprint density at radius 3 is 2.35 bits per heavy atom. The van der Waals surface area contributed by atoms with E-state index < -0.39 is 0 Å². The summed E-state index contributed by atoms with van der Waals surface area (Å²) >= 11 is 0. The fourth-order valence-corrected chi connectivity index (χ4v) is 8.90. The van der Waals surface area contributed by atoms with Crippen molar-refractivity contribution in [1.82, 2.24) is 0 Å². The number of fused-ring (bicyclic) bond motifs is 10. The minimum atomic E-state index is -0.139. The summed E-state index contributed by atoms with van der Waals surface area (Å²) < 4.78 is 24.7. The highest BCUT2D eigenvalue weighted by Crippen LogP contribution is 2.54. The van der Waals surface area contributed by atoms with Gasteiger partial charge in [0.25, 0.3) is 0 Å². The highest BCUT2D eigenvalue weighted by Gasteiger charge is 2.38. The van der Waals surface area contributed by atoms with Crippen LogP contribution < -0.4 is 4.90 Å². The van der Waals surface area contributed by atoms with Gasteiger partial charge in [0.2, 0.25) is 0 Å². The Bertz CT molecular complexity index is 2490. The van der Waals surface area contributed by atoms with Gasteiger partial charge in [-0.25, -0.2) is 0 Å². The number of hydrogen-bond donors (Lipinski definition) is 0. The van der Waals surface area contributed by atoms with Crippen LogP contribution in [0.15, 0.2) is 138 Å². The van der Waals surface area contributed by atoms with Crippen molar-refractivity contribution in [2.75, 3.05) is 4.90 Å². The standard InChI is InChI=1S/C44H35NO/c1-44(2)37-15-9-8-14-34(37)35-20-19-32(26-38(35)44)45(31-11-4-3-5-12-31)39-24-30(36-23-27-16-17-29(36)22-27)25-41-43(39)42-33-13-7-6-10-28(33)18-21-40(42)46-41/h3-21,24-27,29,36H,22-23H2,1-2H3/i18D,21D. The zero-order valence-corrected chi connectivity index (χ0v) is 26.0. The van der Waals surface area contributed by atoms with Crippen LogP contribution in [0, 0.1) is 11.8 Å². The van der Waals surface area contributed by atoms with Gasteiger partial charge in [0, 0.05) is 22.2 Å². The Hall–Kier alpha value is -5.08. The summed E-state index contributed by atoms with van der Waals surface area (Å²) in [6.45, 7) is 4.67. The molecule has 10 rings (SSSR count). The third-order valence-electron chi connectivity index (χ3n) is 11.1. The molecule has 3 unspecified atom stereocenters. The molecule has 1 heterocycles. The Morgan fingerprint density at radius 2 is 1.50 bits per heavy atom. The molecule has 2 heteroatoms. The average Bonchev–Trinajstić information content (AvgIpc) is 3.90. The second-order valence-electron chi connectivity index (χ2n) is 14.0. The largest absolute Gasteiger partial charge is 0.456 e. The summed E-state index contributed by atoms with van der Waals surface area (Å²) in [5, 5.41) is 3.62. The highest BCUT2D eigenvalue weighted by atomic mass is 16.3. The molecule has 0 spiro atoms. The van der Waals surface area contributed by atoms with Crippen LogP contribution in [0.2, 0.25) is 0 Å². The molecule has 46 heavy (non-hydrogen) atoms. The van der Waals surface area contributed by atoms with Crippen LogP contribution in [0.4, 0.5) is 17.1 Å². The average molecular weight is 596 g/mol. The molecule has 0 amide bonds. The molecule has 3 aliphatic carbocycles. The van der Waals surface area contributed by atoms with E-state index in [4.69, 9.17) is 7.16 Å². The molecule has 7 aromatic rings. The van der Waals surface area contributed by atoms with Crippen LogP contribution >= 0.6 is 0 Å². The van der Waals surface area contributed by atoms with E-state index in [0.717, 1.165) is 50.6 Å². The van der Waals surface area contributed by atoms with E-state index in [-0.39, 0.29) is 17.5 Å². The van der Waals surface area contributed by atoms with Gasteiger partial charge in [0.1, 0.15) is 11.2 Å². The molecule has 222 valence electrons. The minimum Gasteiger partial charge on any atom is -0.456 e. The normalized spacial score (nSPS) is 21.1. The van der Waals surface area contributed by atoms with E-state index >= 15 is 0 Å². The molecule has 0 N–H and O–H groups in total. The van der Waals surface area contributed by atoms with Crippen molar-refractivity contribution in [3.05, 3.63) is 150 Å². The van der Waals surface area contributed by atoms with Crippen LogP contribution in [0.25, 0.3) is 43.8 Å². The zero-order valence-electron chi connectivity index (χ0n) is 28.0. The molecule has 0 saturated heterocycles. The fraction of sp³-hybridized carbons (Fsp3) is 0.182. The number of nitrogens with zero attached hydrogens (tertiary/aromatic N) is 1. The predicted octanol–water partition coefficient (Wildman–Crippen LogP) is 12.2. The van der Waals surface area contributed by atoms with Gasteiger partial charge in [0.05, 0.1) is 13.8 Å². The number of furan rings is 1. The highest BCUT2D eigenvalue weighted by molar-refractivity contribution is 6.23. The quantitative estimate of drug-likeness (QED) is 0.188. The molecule has 1 aromatic heterocycles. The third kappa shape index (κ3) is 3.64. The van der Waals surface area contributed by atoms with Crippen molar-refractivity contribution in [3.63, 3.8) is 0 Å². The Balaban J connectivity index is 1.30. The number of anilines is 3. The summed E-state index contributed by atoms with van der Waals surface area (Å²) in [7, 11) is 0. The number of rotatable bonds is 4. The molecular weight excluding hydrogens is 558 g/mol. The van der Waals surface area contributed by atoms with Gasteiger partial charge in [0.15, 0.2) is 0 Å². The van der Waals surface area contributed by atoms with Crippen molar-refractivity contribution >= 4 is 49.8 Å². The first-order valence-electron chi connectivity index (χ1n) is 17.5. The summed E-state index contributed by atoms with van der Waals surface area (Å²) in [6, 6.07) is 39.4. The van der Waals surface area contributed by atoms with E-state index in [0.29, 0.717) is 23.3 Å². The first-order valence-corrected chi connectivity index (χ1v) is 16.5. The predicted molar refractivity (Wildman–Crippen MR) is 192 cm³/mol. The number of para-hydroxylation sites is 1. The molecule has 2 nitrogen and oxygen atoms in total. The zero-order chi connectivity index (χ0) is 32.3. The summed E-state index contributed by atoms with van der Waals surface area (Å²) in [5.41, 5.74) is 10.9. The van der Waals surface area contributed by atoms with Crippen molar-refractivity contribution < 1.29 is 7.16 Å². The molecular formula is C44H35NO. The summed E-state index contributed by atoms with van der Waals surface area (Å²) in [4.78, 5) is 2.40. The summed E-state index contributed by atoms with van der Waals surface area (Å²) in [6.07, 6.45) is 7.17. The Kier molecular flexibility index (Phi) is 4.98. The topological polar surface area (TPSA) is 16.4 Å². The van der Waals surface area contributed by atoms with Gasteiger partial charge >= 0.3 is 0 Å². The van der Waals surface area contributed by atoms with Crippen LogP contribution in [0.5, 0.6) is 0 Å². The maximum absolute atomic E-state index is 9.08. The smallest absolute Gasteiger partial charge is 0.137 e. The van der Waals surface area contributed by atoms with E-state index in [2.05, 4.69) is 122 Å².